The molecule has 0 saturated heterocycles. The van der Waals surface area contributed by atoms with Gasteiger partial charge in [0.15, 0.2) is 0 Å². The van der Waals surface area contributed by atoms with Gasteiger partial charge >= 0.3 is 0 Å². The Morgan fingerprint density at radius 1 is 1.17 bits per heavy atom. The summed E-state index contributed by atoms with van der Waals surface area (Å²) in [6, 6.07) is 15.5. The van der Waals surface area contributed by atoms with Crippen molar-refractivity contribution in [2.24, 2.45) is 0 Å². The summed E-state index contributed by atoms with van der Waals surface area (Å²) in [4.78, 5) is 0. The predicted octanol–water partition coefficient (Wildman–Crippen LogP) is 4.28. The fourth-order valence-electron chi connectivity index (χ4n) is 2.70. The van der Waals surface area contributed by atoms with Gasteiger partial charge in [0, 0.05) is 23.7 Å². The first-order valence-electron chi connectivity index (χ1n) is 7.93. The molecule has 0 fully saturated rings. The standard InChI is InChI=1S/C19H23BrFNO/c1-14(11-16-7-8-18(20)12-19(16)21)22-13-17(9-10-23)15-5-3-2-4-6-15/h2-8,12,14,17,22-23H,9-11,13H2,1H3. The van der Waals surface area contributed by atoms with E-state index in [0.29, 0.717) is 12.0 Å². The predicted molar refractivity (Wildman–Crippen MR) is 96.2 cm³/mol. The summed E-state index contributed by atoms with van der Waals surface area (Å²) >= 11 is 3.28. The SMILES string of the molecule is CC(Cc1ccc(Br)cc1F)NCC(CCO)c1ccccc1. The van der Waals surface area contributed by atoms with Crippen LogP contribution in [0.4, 0.5) is 4.39 Å². The summed E-state index contributed by atoms with van der Waals surface area (Å²) < 4.78 is 14.7. The lowest BCUT2D eigenvalue weighted by Gasteiger charge is -2.21. The Labute approximate surface area is 145 Å². The molecule has 2 rings (SSSR count). The molecule has 2 nitrogen and oxygen atoms in total. The second-order valence-electron chi connectivity index (χ2n) is 5.87. The van der Waals surface area contributed by atoms with Gasteiger partial charge in [0.05, 0.1) is 0 Å². The van der Waals surface area contributed by atoms with Crippen LogP contribution in [0.25, 0.3) is 0 Å². The van der Waals surface area contributed by atoms with Crippen LogP contribution in [0.3, 0.4) is 0 Å². The Morgan fingerprint density at radius 3 is 2.57 bits per heavy atom. The molecule has 0 aliphatic heterocycles. The van der Waals surface area contributed by atoms with Crippen LogP contribution in [-0.4, -0.2) is 24.3 Å². The highest BCUT2D eigenvalue weighted by atomic mass is 79.9. The number of hydrogen-bond acceptors (Lipinski definition) is 2. The quantitative estimate of drug-likeness (QED) is 0.717. The summed E-state index contributed by atoms with van der Waals surface area (Å²) in [6.07, 6.45) is 1.36. The average Bonchev–Trinajstić information content (AvgIpc) is 2.55. The minimum Gasteiger partial charge on any atom is -0.396 e. The second kappa shape index (κ2) is 9.16. The molecule has 124 valence electrons. The normalized spacial score (nSPS) is 13.7. The van der Waals surface area contributed by atoms with E-state index >= 15 is 0 Å². The Kier molecular flexibility index (Phi) is 7.21. The molecule has 0 aromatic heterocycles. The zero-order chi connectivity index (χ0) is 16.7. The third-order valence-electron chi connectivity index (χ3n) is 4.00. The number of benzene rings is 2. The zero-order valence-electron chi connectivity index (χ0n) is 13.3. The first-order chi connectivity index (χ1) is 11.1. The van der Waals surface area contributed by atoms with Crippen molar-refractivity contribution in [3.05, 3.63) is 69.9 Å². The Balaban J connectivity index is 1.92. The van der Waals surface area contributed by atoms with Crippen molar-refractivity contribution in [3.8, 4) is 0 Å². The first-order valence-corrected chi connectivity index (χ1v) is 8.72. The van der Waals surface area contributed by atoms with Crippen LogP contribution in [-0.2, 0) is 6.42 Å². The smallest absolute Gasteiger partial charge is 0.127 e. The molecule has 2 N–H and O–H groups in total. The van der Waals surface area contributed by atoms with Gasteiger partial charge in [0.2, 0.25) is 0 Å². The average molecular weight is 380 g/mol. The zero-order valence-corrected chi connectivity index (χ0v) is 14.9. The topological polar surface area (TPSA) is 32.3 Å². The summed E-state index contributed by atoms with van der Waals surface area (Å²) in [5.74, 6) is 0.0846. The van der Waals surface area contributed by atoms with Crippen molar-refractivity contribution in [1.29, 1.82) is 0 Å². The van der Waals surface area contributed by atoms with Crippen molar-refractivity contribution in [2.75, 3.05) is 13.2 Å². The molecule has 0 spiro atoms. The van der Waals surface area contributed by atoms with Crippen molar-refractivity contribution >= 4 is 15.9 Å². The maximum absolute atomic E-state index is 13.9. The maximum atomic E-state index is 13.9. The molecular weight excluding hydrogens is 357 g/mol. The lowest BCUT2D eigenvalue weighted by atomic mass is 9.95. The Bertz CT molecular complexity index is 606. The monoisotopic (exact) mass is 379 g/mol. The lowest BCUT2D eigenvalue weighted by Crippen LogP contribution is -2.32. The Hall–Kier alpha value is -1.23. The van der Waals surface area contributed by atoms with Crippen LogP contribution in [0, 0.1) is 5.82 Å². The second-order valence-corrected chi connectivity index (χ2v) is 6.78. The van der Waals surface area contributed by atoms with Crippen LogP contribution in [0.1, 0.15) is 30.4 Å². The van der Waals surface area contributed by atoms with E-state index in [2.05, 4.69) is 40.3 Å². The molecular formula is C19H23BrFNO. The van der Waals surface area contributed by atoms with Crippen LogP contribution < -0.4 is 5.32 Å². The highest BCUT2D eigenvalue weighted by Gasteiger charge is 2.13. The highest BCUT2D eigenvalue weighted by Crippen LogP contribution is 2.19. The third-order valence-corrected chi connectivity index (χ3v) is 4.50. The number of nitrogens with one attached hydrogen (secondary N) is 1. The van der Waals surface area contributed by atoms with E-state index in [-0.39, 0.29) is 24.4 Å². The maximum Gasteiger partial charge on any atom is 0.127 e. The number of aliphatic hydroxyl groups is 1. The summed E-state index contributed by atoms with van der Waals surface area (Å²) in [5.41, 5.74) is 1.93. The van der Waals surface area contributed by atoms with Crippen LogP contribution in [0.15, 0.2) is 53.0 Å². The first kappa shape index (κ1) is 18.1. The summed E-state index contributed by atoms with van der Waals surface area (Å²) in [7, 11) is 0. The molecule has 0 heterocycles. The van der Waals surface area contributed by atoms with E-state index in [1.807, 2.05) is 30.3 Å². The van der Waals surface area contributed by atoms with E-state index < -0.39 is 0 Å². The van der Waals surface area contributed by atoms with E-state index in [9.17, 15) is 9.50 Å². The van der Waals surface area contributed by atoms with Gasteiger partial charge in [-0.1, -0.05) is 52.3 Å². The Morgan fingerprint density at radius 2 is 1.91 bits per heavy atom. The molecule has 0 amide bonds. The van der Waals surface area contributed by atoms with Crippen molar-refractivity contribution in [2.45, 2.75) is 31.7 Å². The number of rotatable bonds is 8. The van der Waals surface area contributed by atoms with Gasteiger partial charge < -0.3 is 10.4 Å². The molecule has 2 unspecified atom stereocenters. The van der Waals surface area contributed by atoms with Gasteiger partial charge in [-0.05, 0) is 48.9 Å². The summed E-state index contributed by atoms with van der Waals surface area (Å²) in [5, 5.41) is 12.7. The van der Waals surface area contributed by atoms with Gasteiger partial charge in [-0.3, -0.25) is 0 Å². The van der Waals surface area contributed by atoms with Gasteiger partial charge in [0.1, 0.15) is 5.82 Å². The van der Waals surface area contributed by atoms with Crippen molar-refractivity contribution in [3.63, 3.8) is 0 Å². The van der Waals surface area contributed by atoms with Crippen molar-refractivity contribution < 1.29 is 9.50 Å². The number of halogens is 2. The molecule has 2 aromatic rings. The minimum atomic E-state index is -0.178. The minimum absolute atomic E-state index is 0.163. The van der Waals surface area contributed by atoms with Gasteiger partial charge in [0.25, 0.3) is 0 Å². The molecule has 23 heavy (non-hydrogen) atoms. The fourth-order valence-corrected chi connectivity index (χ4v) is 3.03. The van der Waals surface area contributed by atoms with E-state index in [1.165, 1.54) is 11.6 Å². The molecule has 2 atom stereocenters. The van der Waals surface area contributed by atoms with Crippen molar-refractivity contribution in [1.82, 2.24) is 5.32 Å². The molecule has 0 bridgehead atoms. The molecule has 0 aliphatic rings. The van der Waals surface area contributed by atoms with Gasteiger partial charge in [-0.25, -0.2) is 4.39 Å². The van der Waals surface area contributed by atoms with Crippen LogP contribution in [0.2, 0.25) is 0 Å². The van der Waals surface area contributed by atoms with Gasteiger partial charge in [-0.15, -0.1) is 0 Å². The van der Waals surface area contributed by atoms with E-state index in [4.69, 9.17) is 0 Å². The lowest BCUT2D eigenvalue weighted by molar-refractivity contribution is 0.272. The fraction of sp³-hybridized carbons (Fsp3) is 0.368. The number of hydrogen-bond donors (Lipinski definition) is 2. The van der Waals surface area contributed by atoms with Crippen LogP contribution >= 0.6 is 15.9 Å². The summed E-state index contributed by atoms with van der Waals surface area (Å²) in [6.45, 7) is 2.99. The largest absolute Gasteiger partial charge is 0.396 e. The van der Waals surface area contributed by atoms with Gasteiger partial charge in [-0.2, -0.15) is 0 Å². The molecule has 0 saturated carbocycles. The third kappa shape index (κ3) is 5.72. The van der Waals surface area contributed by atoms with E-state index in [1.54, 1.807) is 0 Å². The highest BCUT2D eigenvalue weighted by molar-refractivity contribution is 9.10. The molecule has 0 aliphatic carbocycles. The van der Waals surface area contributed by atoms with Crippen LogP contribution in [0.5, 0.6) is 0 Å². The molecule has 2 aromatic carbocycles. The molecule has 0 radical (unpaired) electrons. The molecule has 4 heteroatoms. The van der Waals surface area contributed by atoms with E-state index in [0.717, 1.165) is 17.4 Å². The number of aliphatic hydroxyl groups excluding tert-OH is 1.